The SMILES string of the molecule is Cn1ncc(Oc2ccc(F)cc2)c(Nc2cccc(C(=O)NCc3ccco3)c2)c1=O. The van der Waals surface area contributed by atoms with Crippen LogP contribution >= 0.6 is 0 Å². The standard InChI is InChI=1S/C23H19FN4O4/c1-28-23(30)21(20(14-26-28)32-18-9-7-16(24)8-10-18)27-17-5-2-4-15(12-17)22(29)25-13-19-6-3-11-31-19/h2-12,14,27H,13H2,1H3,(H,25,29). The maximum absolute atomic E-state index is 13.2. The third kappa shape index (κ3) is 4.84. The number of halogens is 1. The lowest BCUT2D eigenvalue weighted by Crippen LogP contribution is -2.23. The Hall–Kier alpha value is -4.40. The number of carbonyl (C=O) groups excluding carboxylic acids is 1. The number of benzene rings is 2. The van der Waals surface area contributed by atoms with E-state index >= 15 is 0 Å². The highest BCUT2D eigenvalue weighted by Crippen LogP contribution is 2.28. The fourth-order valence-electron chi connectivity index (χ4n) is 2.91. The minimum Gasteiger partial charge on any atom is -0.467 e. The zero-order valence-electron chi connectivity index (χ0n) is 17.0. The average Bonchev–Trinajstić information content (AvgIpc) is 3.32. The fourth-order valence-corrected chi connectivity index (χ4v) is 2.91. The fraction of sp³-hybridized carbons (Fsp3) is 0.0870. The molecule has 0 fully saturated rings. The average molecular weight is 434 g/mol. The van der Waals surface area contributed by atoms with Crippen LogP contribution in [0.1, 0.15) is 16.1 Å². The number of anilines is 2. The van der Waals surface area contributed by atoms with Gasteiger partial charge in [-0.05, 0) is 54.6 Å². The quantitative estimate of drug-likeness (QED) is 0.457. The Labute approximate surface area is 182 Å². The van der Waals surface area contributed by atoms with E-state index in [-0.39, 0.29) is 23.9 Å². The number of rotatable bonds is 7. The monoisotopic (exact) mass is 434 g/mol. The van der Waals surface area contributed by atoms with E-state index in [0.717, 1.165) is 4.68 Å². The zero-order valence-corrected chi connectivity index (χ0v) is 17.0. The van der Waals surface area contributed by atoms with Crippen molar-refractivity contribution in [1.82, 2.24) is 15.1 Å². The van der Waals surface area contributed by atoms with Crippen molar-refractivity contribution >= 4 is 17.3 Å². The van der Waals surface area contributed by atoms with Crippen molar-refractivity contribution in [2.75, 3.05) is 5.32 Å². The Morgan fingerprint density at radius 3 is 2.72 bits per heavy atom. The molecule has 0 atom stereocenters. The van der Waals surface area contributed by atoms with Crippen LogP contribution in [0.2, 0.25) is 0 Å². The van der Waals surface area contributed by atoms with Crippen LogP contribution in [0.4, 0.5) is 15.8 Å². The highest BCUT2D eigenvalue weighted by molar-refractivity contribution is 5.95. The van der Waals surface area contributed by atoms with E-state index in [1.165, 1.54) is 43.8 Å². The minimum absolute atomic E-state index is 0.125. The van der Waals surface area contributed by atoms with Crippen molar-refractivity contribution in [2.45, 2.75) is 6.54 Å². The highest BCUT2D eigenvalue weighted by Gasteiger charge is 2.14. The summed E-state index contributed by atoms with van der Waals surface area (Å²) < 4.78 is 25.3. The molecule has 2 aromatic carbocycles. The van der Waals surface area contributed by atoms with Gasteiger partial charge in [0.2, 0.25) is 0 Å². The largest absolute Gasteiger partial charge is 0.467 e. The first-order valence-electron chi connectivity index (χ1n) is 9.67. The van der Waals surface area contributed by atoms with E-state index in [1.54, 1.807) is 36.4 Å². The summed E-state index contributed by atoms with van der Waals surface area (Å²) >= 11 is 0. The smallest absolute Gasteiger partial charge is 0.294 e. The van der Waals surface area contributed by atoms with E-state index in [1.807, 2.05) is 0 Å². The number of hydrogen-bond acceptors (Lipinski definition) is 6. The predicted molar refractivity (Wildman–Crippen MR) is 116 cm³/mol. The molecular weight excluding hydrogens is 415 g/mol. The lowest BCUT2D eigenvalue weighted by Gasteiger charge is -2.14. The van der Waals surface area contributed by atoms with Crippen LogP contribution in [0.25, 0.3) is 0 Å². The predicted octanol–water partition coefficient (Wildman–Crippen LogP) is 3.98. The molecule has 0 spiro atoms. The van der Waals surface area contributed by atoms with Gasteiger partial charge in [0.25, 0.3) is 11.5 Å². The number of furan rings is 1. The van der Waals surface area contributed by atoms with Crippen LogP contribution < -0.4 is 20.9 Å². The van der Waals surface area contributed by atoms with Crippen LogP contribution in [-0.4, -0.2) is 15.7 Å². The van der Waals surface area contributed by atoms with Crippen molar-refractivity contribution in [2.24, 2.45) is 7.05 Å². The number of aryl methyl sites for hydroxylation is 1. The Bertz CT molecular complexity index is 1280. The van der Waals surface area contributed by atoms with Gasteiger partial charge in [-0.3, -0.25) is 9.59 Å². The summed E-state index contributed by atoms with van der Waals surface area (Å²) in [5, 5.41) is 9.76. The number of carbonyl (C=O) groups is 1. The van der Waals surface area contributed by atoms with Crippen LogP contribution in [0.15, 0.2) is 82.3 Å². The van der Waals surface area contributed by atoms with Gasteiger partial charge in [-0.25, -0.2) is 9.07 Å². The first-order chi connectivity index (χ1) is 15.5. The van der Waals surface area contributed by atoms with E-state index in [4.69, 9.17) is 9.15 Å². The summed E-state index contributed by atoms with van der Waals surface area (Å²) in [4.78, 5) is 25.2. The van der Waals surface area contributed by atoms with Crippen molar-refractivity contribution in [3.8, 4) is 11.5 Å². The Balaban J connectivity index is 1.56. The van der Waals surface area contributed by atoms with Crippen LogP contribution in [0.5, 0.6) is 11.5 Å². The maximum Gasteiger partial charge on any atom is 0.294 e. The number of amides is 1. The lowest BCUT2D eigenvalue weighted by atomic mass is 10.2. The van der Waals surface area contributed by atoms with E-state index in [0.29, 0.717) is 22.8 Å². The van der Waals surface area contributed by atoms with E-state index < -0.39 is 11.4 Å². The normalized spacial score (nSPS) is 10.6. The first-order valence-corrected chi connectivity index (χ1v) is 9.67. The van der Waals surface area contributed by atoms with Gasteiger partial charge in [-0.15, -0.1) is 0 Å². The second-order valence-electron chi connectivity index (χ2n) is 6.84. The van der Waals surface area contributed by atoms with Gasteiger partial charge in [0.05, 0.1) is 19.0 Å². The van der Waals surface area contributed by atoms with E-state index in [9.17, 15) is 14.0 Å². The highest BCUT2D eigenvalue weighted by atomic mass is 19.1. The second kappa shape index (κ2) is 9.17. The second-order valence-corrected chi connectivity index (χ2v) is 6.84. The minimum atomic E-state index is -0.433. The van der Waals surface area contributed by atoms with Crippen LogP contribution in [0, 0.1) is 5.82 Å². The molecule has 1 amide bonds. The zero-order chi connectivity index (χ0) is 22.5. The number of nitrogens with one attached hydrogen (secondary N) is 2. The molecule has 32 heavy (non-hydrogen) atoms. The van der Waals surface area contributed by atoms with Gasteiger partial charge in [-0.1, -0.05) is 6.07 Å². The summed E-state index contributed by atoms with van der Waals surface area (Å²) in [6, 6.07) is 15.6. The van der Waals surface area contributed by atoms with Gasteiger partial charge in [0.1, 0.15) is 17.3 Å². The van der Waals surface area contributed by atoms with Crippen molar-refractivity contribution in [1.29, 1.82) is 0 Å². The van der Waals surface area contributed by atoms with Crippen molar-refractivity contribution < 1.29 is 18.3 Å². The molecule has 0 bridgehead atoms. The summed E-state index contributed by atoms with van der Waals surface area (Å²) in [7, 11) is 1.51. The Morgan fingerprint density at radius 1 is 1.16 bits per heavy atom. The van der Waals surface area contributed by atoms with Crippen LogP contribution in [-0.2, 0) is 13.6 Å². The van der Waals surface area contributed by atoms with Crippen molar-refractivity contribution in [3.63, 3.8) is 0 Å². The van der Waals surface area contributed by atoms with Gasteiger partial charge >= 0.3 is 0 Å². The molecule has 0 aliphatic rings. The number of hydrogen-bond donors (Lipinski definition) is 2. The number of aromatic nitrogens is 2. The maximum atomic E-state index is 13.2. The van der Waals surface area contributed by atoms with Crippen molar-refractivity contribution in [3.05, 3.63) is 101 Å². The molecule has 2 aromatic heterocycles. The molecule has 0 radical (unpaired) electrons. The van der Waals surface area contributed by atoms with Gasteiger partial charge < -0.3 is 19.8 Å². The third-order valence-corrected chi connectivity index (χ3v) is 4.54. The Morgan fingerprint density at radius 2 is 1.97 bits per heavy atom. The summed E-state index contributed by atoms with van der Waals surface area (Å²) in [5.74, 6) is 0.439. The third-order valence-electron chi connectivity index (χ3n) is 4.54. The summed E-state index contributed by atoms with van der Waals surface area (Å²) in [6.07, 6.45) is 2.92. The molecule has 9 heteroatoms. The summed E-state index contributed by atoms with van der Waals surface area (Å²) in [6.45, 7) is 0.254. The number of nitrogens with zero attached hydrogens (tertiary/aromatic N) is 2. The first kappa shape index (κ1) is 20.9. The number of ether oxygens (including phenoxy) is 1. The van der Waals surface area contributed by atoms with E-state index in [2.05, 4.69) is 15.7 Å². The molecule has 4 rings (SSSR count). The molecule has 8 nitrogen and oxygen atoms in total. The molecule has 0 saturated carbocycles. The molecule has 2 N–H and O–H groups in total. The van der Waals surface area contributed by atoms with Gasteiger partial charge in [0, 0.05) is 18.3 Å². The molecule has 0 aliphatic heterocycles. The molecule has 2 heterocycles. The molecular formula is C23H19FN4O4. The van der Waals surface area contributed by atoms with Crippen LogP contribution in [0.3, 0.4) is 0 Å². The van der Waals surface area contributed by atoms with Gasteiger partial charge in [-0.2, -0.15) is 5.10 Å². The lowest BCUT2D eigenvalue weighted by molar-refractivity contribution is 0.0948. The molecule has 0 aliphatic carbocycles. The Kier molecular flexibility index (Phi) is 5.98. The molecule has 0 unspecified atom stereocenters. The topological polar surface area (TPSA) is 98.4 Å². The molecule has 4 aromatic rings. The molecule has 0 saturated heterocycles. The summed E-state index contributed by atoms with van der Waals surface area (Å²) in [5.41, 5.74) is 0.591. The van der Waals surface area contributed by atoms with Gasteiger partial charge in [0.15, 0.2) is 11.4 Å². The molecule has 162 valence electrons.